The van der Waals surface area contributed by atoms with Crippen molar-refractivity contribution in [2.24, 2.45) is 0 Å². The minimum Gasteiger partial charge on any atom is -0.497 e. The summed E-state index contributed by atoms with van der Waals surface area (Å²) in [5.41, 5.74) is 1.05. The fraction of sp³-hybridized carbons (Fsp3) is 0.556. The first kappa shape index (κ1) is 17.1. The molecule has 2 fully saturated rings. The first-order valence-electron chi connectivity index (χ1n) is 8.24. The van der Waals surface area contributed by atoms with Crippen LogP contribution in [0.4, 0.5) is 0 Å². The molecular weight excluding hydrogens is 324 g/mol. The van der Waals surface area contributed by atoms with Gasteiger partial charge in [-0.2, -0.15) is 0 Å². The van der Waals surface area contributed by atoms with Gasteiger partial charge in [-0.25, -0.2) is 0 Å². The topological polar surface area (TPSA) is 49.9 Å². The summed E-state index contributed by atoms with van der Waals surface area (Å²) in [6.45, 7) is 4.08. The molecule has 3 rings (SSSR count). The van der Waals surface area contributed by atoms with Crippen molar-refractivity contribution in [3.8, 4) is 5.75 Å². The van der Waals surface area contributed by atoms with Crippen LogP contribution in [0.5, 0.6) is 5.75 Å². The van der Waals surface area contributed by atoms with Gasteiger partial charge in [-0.1, -0.05) is 12.1 Å². The fourth-order valence-electron chi connectivity index (χ4n) is 3.54. The van der Waals surface area contributed by atoms with Gasteiger partial charge in [0.2, 0.25) is 11.8 Å². The van der Waals surface area contributed by atoms with Crippen molar-refractivity contribution in [3.05, 3.63) is 29.8 Å². The molecule has 24 heavy (non-hydrogen) atoms. The second-order valence-electron chi connectivity index (χ2n) is 6.66. The van der Waals surface area contributed by atoms with E-state index in [1.165, 1.54) is 0 Å². The Morgan fingerprint density at radius 3 is 2.71 bits per heavy atom. The molecule has 2 aliphatic rings. The Hall–Kier alpha value is -1.69. The monoisotopic (exact) mass is 348 g/mol. The third kappa shape index (κ3) is 2.77. The first-order valence-corrected chi connectivity index (χ1v) is 9.22. The molecule has 5 nitrogen and oxygen atoms in total. The smallest absolute Gasteiger partial charge is 0.246 e. The largest absolute Gasteiger partial charge is 0.497 e. The van der Waals surface area contributed by atoms with E-state index in [0.717, 1.165) is 17.7 Å². The van der Waals surface area contributed by atoms with E-state index in [-0.39, 0.29) is 28.8 Å². The van der Waals surface area contributed by atoms with Gasteiger partial charge in [-0.05, 0) is 38.0 Å². The van der Waals surface area contributed by atoms with Crippen LogP contribution in [0.3, 0.4) is 0 Å². The van der Waals surface area contributed by atoms with Gasteiger partial charge in [0.25, 0.3) is 0 Å². The number of hydrogen-bond acceptors (Lipinski definition) is 4. The van der Waals surface area contributed by atoms with Crippen LogP contribution in [0.2, 0.25) is 0 Å². The zero-order chi connectivity index (χ0) is 17.5. The molecule has 3 atom stereocenters. The highest BCUT2D eigenvalue weighted by atomic mass is 32.2. The average molecular weight is 348 g/mol. The lowest BCUT2D eigenvalue weighted by Gasteiger charge is -2.34. The number of nitrogens with zero attached hydrogens (tertiary/aromatic N) is 2. The molecule has 0 spiro atoms. The number of hydrogen-bond donors (Lipinski definition) is 0. The number of carbonyl (C=O) groups excluding carboxylic acids is 2. The van der Waals surface area contributed by atoms with Crippen molar-refractivity contribution < 1.29 is 14.3 Å². The van der Waals surface area contributed by atoms with E-state index >= 15 is 0 Å². The second kappa shape index (κ2) is 6.31. The summed E-state index contributed by atoms with van der Waals surface area (Å²) in [5.74, 6) is 1.60. The maximum absolute atomic E-state index is 13.0. The zero-order valence-corrected chi connectivity index (χ0v) is 15.4. The van der Waals surface area contributed by atoms with Gasteiger partial charge in [-0.3, -0.25) is 9.59 Å². The summed E-state index contributed by atoms with van der Waals surface area (Å²) < 4.78 is 5.18. The standard InChI is InChI=1S/C18H24N2O3S/c1-12(13-5-7-14(23-4)8-6-13)19(3)17(22)15-11-24-18(2)10-9-16(21)20(15)18/h5-8,12,15H,9-11H2,1-4H3. The lowest BCUT2D eigenvalue weighted by atomic mass is 10.1. The molecule has 1 aromatic rings. The van der Waals surface area contributed by atoms with E-state index in [4.69, 9.17) is 4.74 Å². The summed E-state index contributed by atoms with van der Waals surface area (Å²) in [7, 11) is 3.45. The highest BCUT2D eigenvalue weighted by molar-refractivity contribution is 8.01. The normalized spacial score (nSPS) is 27.1. The molecule has 0 N–H and O–H groups in total. The molecule has 2 aliphatic heterocycles. The quantitative estimate of drug-likeness (QED) is 0.839. The Morgan fingerprint density at radius 1 is 1.42 bits per heavy atom. The Labute approximate surface area is 147 Å². The molecule has 3 unspecified atom stereocenters. The Bertz CT molecular complexity index is 648. The fourth-order valence-corrected chi connectivity index (χ4v) is 4.96. The first-order chi connectivity index (χ1) is 11.4. The number of amides is 2. The van der Waals surface area contributed by atoms with Crippen LogP contribution in [0, 0.1) is 0 Å². The van der Waals surface area contributed by atoms with Gasteiger partial charge < -0.3 is 14.5 Å². The van der Waals surface area contributed by atoms with Crippen LogP contribution < -0.4 is 4.74 Å². The number of ether oxygens (including phenoxy) is 1. The predicted octanol–water partition coefficient (Wildman–Crippen LogP) is 2.67. The van der Waals surface area contributed by atoms with E-state index in [2.05, 4.69) is 6.92 Å². The van der Waals surface area contributed by atoms with Crippen LogP contribution in [0.25, 0.3) is 0 Å². The van der Waals surface area contributed by atoms with Crippen molar-refractivity contribution in [1.29, 1.82) is 0 Å². The van der Waals surface area contributed by atoms with Crippen LogP contribution in [-0.2, 0) is 9.59 Å². The summed E-state index contributed by atoms with van der Waals surface area (Å²) in [5, 5.41) is 0. The number of methoxy groups -OCH3 is 1. The number of rotatable bonds is 4. The molecule has 1 aromatic carbocycles. The summed E-state index contributed by atoms with van der Waals surface area (Å²) >= 11 is 1.73. The number of fused-ring (bicyclic) bond motifs is 1. The van der Waals surface area contributed by atoms with Gasteiger partial charge in [0.1, 0.15) is 11.8 Å². The Morgan fingerprint density at radius 2 is 2.08 bits per heavy atom. The molecule has 6 heteroatoms. The van der Waals surface area contributed by atoms with E-state index in [0.29, 0.717) is 12.2 Å². The molecule has 0 aromatic heterocycles. The Kier molecular flexibility index (Phi) is 4.51. The van der Waals surface area contributed by atoms with Crippen LogP contribution in [0.1, 0.15) is 38.3 Å². The summed E-state index contributed by atoms with van der Waals surface area (Å²) in [4.78, 5) is 28.6. The molecule has 2 amide bonds. The highest BCUT2D eigenvalue weighted by Gasteiger charge is 2.53. The summed E-state index contributed by atoms with van der Waals surface area (Å²) in [6, 6.07) is 7.34. The minimum atomic E-state index is -0.347. The van der Waals surface area contributed by atoms with Gasteiger partial charge in [-0.15, -0.1) is 11.8 Å². The predicted molar refractivity (Wildman–Crippen MR) is 94.9 cm³/mol. The molecule has 0 bridgehead atoms. The van der Waals surface area contributed by atoms with Gasteiger partial charge in [0.15, 0.2) is 0 Å². The van der Waals surface area contributed by atoms with Crippen molar-refractivity contribution in [2.75, 3.05) is 19.9 Å². The number of likely N-dealkylation sites (N-methyl/N-ethyl adjacent to an activating group) is 1. The van der Waals surface area contributed by atoms with Crippen LogP contribution in [0.15, 0.2) is 24.3 Å². The molecule has 2 saturated heterocycles. The highest BCUT2D eigenvalue weighted by Crippen LogP contribution is 2.47. The van der Waals surface area contributed by atoms with Crippen molar-refractivity contribution in [2.45, 2.75) is 43.6 Å². The van der Waals surface area contributed by atoms with E-state index in [1.807, 2.05) is 43.1 Å². The van der Waals surface area contributed by atoms with E-state index in [1.54, 1.807) is 23.8 Å². The third-order valence-corrected chi connectivity index (χ3v) is 6.76. The lowest BCUT2D eigenvalue weighted by Crippen LogP contribution is -2.50. The van der Waals surface area contributed by atoms with Gasteiger partial charge in [0, 0.05) is 19.2 Å². The lowest BCUT2D eigenvalue weighted by molar-refractivity contribution is -0.144. The Balaban J connectivity index is 1.75. The van der Waals surface area contributed by atoms with Gasteiger partial charge in [0.05, 0.1) is 18.0 Å². The van der Waals surface area contributed by atoms with E-state index in [9.17, 15) is 9.59 Å². The molecule has 2 heterocycles. The van der Waals surface area contributed by atoms with Crippen molar-refractivity contribution in [1.82, 2.24) is 9.80 Å². The van der Waals surface area contributed by atoms with E-state index < -0.39 is 0 Å². The maximum atomic E-state index is 13.0. The van der Waals surface area contributed by atoms with Gasteiger partial charge >= 0.3 is 0 Å². The van der Waals surface area contributed by atoms with Crippen LogP contribution in [-0.4, -0.2) is 52.4 Å². The number of benzene rings is 1. The van der Waals surface area contributed by atoms with Crippen molar-refractivity contribution in [3.63, 3.8) is 0 Å². The third-order valence-electron chi connectivity index (χ3n) is 5.26. The van der Waals surface area contributed by atoms with Crippen LogP contribution >= 0.6 is 11.8 Å². The summed E-state index contributed by atoms with van der Waals surface area (Å²) in [6.07, 6.45) is 1.38. The minimum absolute atomic E-state index is 0.0183. The number of carbonyl (C=O) groups is 2. The SMILES string of the molecule is COc1ccc(C(C)N(C)C(=O)C2CSC3(C)CCC(=O)N23)cc1. The molecule has 0 radical (unpaired) electrons. The molecular formula is C18H24N2O3S. The molecule has 0 saturated carbocycles. The molecule has 130 valence electrons. The second-order valence-corrected chi connectivity index (χ2v) is 8.17. The zero-order valence-electron chi connectivity index (χ0n) is 14.6. The maximum Gasteiger partial charge on any atom is 0.246 e. The van der Waals surface area contributed by atoms with Crippen molar-refractivity contribution >= 4 is 23.6 Å². The molecule has 0 aliphatic carbocycles. The number of thioether (sulfide) groups is 1. The average Bonchev–Trinajstić information content (AvgIpc) is 3.09.